The third kappa shape index (κ3) is 18.7. The van der Waals surface area contributed by atoms with E-state index in [4.69, 9.17) is 4.74 Å². The molecule has 0 saturated heterocycles. The van der Waals surface area contributed by atoms with Gasteiger partial charge in [-0.3, -0.25) is 0 Å². The van der Waals surface area contributed by atoms with E-state index in [9.17, 15) is 0 Å². The van der Waals surface area contributed by atoms with Gasteiger partial charge in [0.1, 0.15) is 0 Å². The first kappa shape index (κ1) is 18.7. The van der Waals surface area contributed by atoms with Crippen LogP contribution in [0.3, 0.4) is 0 Å². The average Bonchev–Trinajstić information content (AvgIpc) is 1.55. The van der Waals surface area contributed by atoms with Crippen LogP contribution >= 0.6 is 0 Å². The molecule has 13 heavy (non-hydrogen) atoms. The second kappa shape index (κ2) is 6.42. The summed E-state index contributed by atoms with van der Waals surface area (Å²) in [5, 5.41) is 0. The number of rotatable bonds is 2. The maximum Gasteiger partial charge on any atom is 0.0598 e. The van der Waals surface area contributed by atoms with Gasteiger partial charge in [-0.1, -0.05) is 35.6 Å². The van der Waals surface area contributed by atoms with E-state index in [-0.39, 0.29) is 20.5 Å². The first-order valence-electron chi connectivity index (χ1n) is 4.35. The lowest BCUT2D eigenvalue weighted by Crippen LogP contribution is -2.22. The summed E-state index contributed by atoms with van der Waals surface area (Å²) in [6.45, 7) is 13.9. The van der Waals surface area contributed by atoms with Crippen molar-refractivity contribution < 1.29 is 4.74 Å². The first-order chi connectivity index (χ1) is 4.71. The molecule has 0 N–H and O–H groups in total. The quantitative estimate of drug-likeness (QED) is 0.622. The first-order valence-corrected chi connectivity index (χ1v) is 4.35. The van der Waals surface area contributed by atoms with Gasteiger partial charge >= 0.3 is 0 Å². The van der Waals surface area contributed by atoms with Gasteiger partial charge in [0.15, 0.2) is 0 Å². The Kier molecular flexibility index (Phi) is 9.23. The van der Waals surface area contributed by atoms with E-state index < -0.39 is 0 Å². The van der Waals surface area contributed by atoms with Gasteiger partial charge < -0.3 is 4.74 Å². The Morgan fingerprint density at radius 1 is 0.846 bits per heavy atom. The summed E-state index contributed by atoms with van der Waals surface area (Å²) in [4.78, 5) is 0. The van der Waals surface area contributed by atoms with Crippen molar-refractivity contribution in [3.05, 3.63) is 0 Å². The van der Waals surface area contributed by atoms with E-state index in [0.717, 1.165) is 13.0 Å². The van der Waals surface area contributed by atoms with Crippen LogP contribution in [0.2, 0.25) is 0 Å². The van der Waals surface area contributed by atoms with E-state index in [1.54, 1.807) is 0 Å². The Morgan fingerprint density at radius 2 is 1.23 bits per heavy atom. The van der Waals surface area contributed by atoms with Gasteiger partial charge in [0.25, 0.3) is 0 Å². The molecule has 0 radical (unpaired) electrons. The molecule has 1 heteroatoms. The third-order valence-corrected chi connectivity index (χ3v) is 1.39. The summed E-state index contributed by atoms with van der Waals surface area (Å²) in [6, 6.07) is 0. The standard InChI is InChI=1S/C10H22O.2CH4/c1-9(2,3)7-8-11-10(4,5)6;;/h7-8H2,1-6H3;2*1H4. The smallest absolute Gasteiger partial charge is 0.0598 e. The SMILES string of the molecule is C.C.CC(C)(C)CCOC(C)(C)C. The molecule has 0 aliphatic heterocycles. The van der Waals surface area contributed by atoms with E-state index >= 15 is 0 Å². The Morgan fingerprint density at radius 3 is 1.46 bits per heavy atom. The molecule has 0 aromatic heterocycles. The fourth-order valence-corrected chi connectivity index (χ4v) is 0.663. The van der Waals surface area contributed by atoms with E-state index in [1.165, 1.54) is 0 Å². The normalized spacial score (nSPS) is 11.5. The fourth-order valence-electron chi connectivity index (χ4n) is 0.663. The Bertz CT molecular complexity index is 89.3. The van der Waals surface area contributed by atoms with Crippen molar-refractivity contribution in [1.29, 1.82) is 0 Å². The lowest BCUT2D eigenvalue weighted by Gasteiger charge is -2.23. The van der Waals surface area contributed by atoms with Crippen molar-refractivity contribution in [2.24, 2.45) is 5.41 Å². The topological polar surface area (TPSA) is 9.23 Å². The van der Waals surface area contributed by atoms with E-state index in [1.807, 2.05) is 0 Å². The summed E-state index contributed by atoms with van der Waals surface area (Å²) < 4.78 is 5.61. The molecule has 0 bridgehead atoms. The monoisotopic (exact) mass is 190 g/mol. The Balaban J connectivity index is -0.000000500. The molecular weight excluding hydrogens is 160 g/mol. The average molecular weight is 190 g/mol. The van der Waals surface area contributed by atoms with Crippen molar-refractivity contribution >= 4 is 0 Å². The molecule has 0 amide bonds. The van der Waals surface area contributed by atoms with E-state index in [2.05, 4.69) is 41.5 Å². The zero-order valence-electron chi connectivity index (χ0n) is 8.82. The highest BCUT2D eigenvalue weighted by molar-refractivity contribution is 4.63. The van der Waals surface area contributed by atoms with Crippen molar-refractivity contribution in [2.45, 2.75) is 68.4 Å². The van der Waals surface area contributed by atoms with Crippen LogP contribution in [-0.4, -0.2) is 12.2 Å². The predicted octanol–water partition coefficient (Wildman–Crippen LogP) is 4.51. The molecule has 0 aliphatic rings. The van der Waals surface area contributed by atoms with Gasteiger partial charge in [0.2, 0.25) is 0 Å². The number of hydrogen-bond acceptors (Lipinski definition) is 1. The third-order valence-electron chi connectivity index (χ3n) is 1.39. The minimum atomic E-state index is 0. The van der Waals surface area contributed by atoms with Crippen LogP contribution < -0.4 is 0 Å². The molecule has 0 unspecified atom stereocenters. The molecule has 0 rings (SSSR count). The molecule has 0 saturated carbocycles. The lowest BCUT2D eigenvalue weighted by molar-refractivity contribution is -0.0139. The molecule has 0 heterocycles. The maximum absolute atomic E-state index is 5.61. The molecule has 0 fully saturated rings. The molecule has 0 aromatic carbocycles. The summed E-state index contributed by atoms with van der Waals surface area (Å²) in [5.41, 5.74) is 0.413. The molecular formula is C12H30O. The Labute approximate surface area is 85.9 Å². The van der Waals surface area contributed by atoms with Crippen molar-refractivity contribution in [1.82, 2.24) is 0 Å². The van der Waals surface area contributed by atoms with Crippen LogP contribution in [0.25, 0.3) is 0 Å². The molecule has 0 aromatic rings. The predicted molar refractivity (Wildman–Crippen MR) is 63.2 cm³/mol. The second-order valence-corrected chi connectivity index (χ2v) is 5.27. The minimum Gasteiger partial charge on any atom is -0.376 e. The van der Waals surface area contributed by atoms with Crippen LogP contribution in [0.4, 0.5) is 0 Å². The largest absolute Gasteiger partial charge is 0.376 e. The second-order valence-electron chi connectivity index (χ2n) is 5.27. The highest BCUT2D eigenvalue weighted by atomic mass is 16.5. The number of hydrogen-bond donors (Lipinski definition) is 0. The van der Waals surface area contributed by atoms with Crippen molar-refractivity contribution in [3.8, 4) is 0 Å². The van der Waals surface area contributed by atoms with Crippen LogP contribution in [-0.2, 0) is 4.74 Å². The van der Waals surface area contributed by atoms with Crippen LogP contribution in [0.15, 0.2) is 0 Å². The highest BCUT2D eigenvalue weighted by Crippen LogP contribution is 2.19. The van der Waals surface area contributed by atoms with E-state index in [0.29, 0.717) is 5.41 Å². The molecule has 1 nitrogen and oxygen atoms in total. The highest BCUT2D eigenvalue weighted by Gasteiger charge is 2.14. The Hall–Kier alpha value is -0.0400. The van der Waals surface area contributed by atoms with Gasteiger partial charge in [0.05, 0.1) is 5.60 Å². The minimum absolute atomic E-state index is 0. The summed E-state index contributed by atoms with van der Waals surface area (Å²) >= 11 is 0. The summed E-state index contributed by atoms with van der Waals surface area (Å²) in [5.74, 6) is 0. The van der Waals surface area contributed by atoms with Gasteiger partial charge in [-0.25, -0.2) is 0 Å². The lowest BCUT2D eigenvalue weighted by atomic mass is 9.93. The molecule has 0 aliphatic carbocycles. The molecule has 0 atom stereocenters. The van der Waals surface area contributed by atoms with Crippen LogP contribution in [0.5, 0.6) is 0 Å². The van der Waals surface area contributed by atoms with Crippen LogP contribution in [0, 0.1) is 5.41 Å². The van der Waals surface area contributed by atoms with Gasteiger partial charge in [-0.2, -0.15) is 0 Å². The number of ether oxygens (including phenoxy) is 1. The zero-order valence-corrected chi connectivity index (χ0v) is 8.82. The maximum atomic E-state index is 5.61. The molecule has 0 spiro atoms. The van der Waals surface area contributed by atoms with Crippen LogP contribution in [0.1, 0.15) is 62.8 Å². The van der Waals surface area contributed by atoms with Gasteiger partial charge in [0, 0.05) is 6.61 Å². The zero-order chi connectivity index (χ0) is 9.12. The summed E-state index contributed by atoms with van der Waals surface area (Å²) in [7, 11) is 0. The fraction of sp³-hybridized carbons (Fsp3) is 1.00. The van der Waals surface area contributed by atoms with Crippen molar-refractivity contribution in [3.63, 3.8) is 0 Å². The van der Waals surface area contributed by atoms with Gasteiger partial charge in [-0.15, -0.1) is 0 Å². The van der Waals surface area contributed by atoms with Gasteiger partial charge in [-0.05, 0) is 32.6 Å². The van der Waals surface area contributed by atoms with Crippen molar-refractivity contribution in [2.75, 3.05) is 6.61 Å². The summed E-state index contributed by atoms with van der Waals surface area (Å²) in [6.07, 6.45) is 1.13. The molecule has 84 valence electrons.